The molecule has 9 nitrogen and oxygen atoms in total. The molecule has 0 fully saturated rings. The molecule has 0 spiro atoms. The van der Waals surface area contributed by atoms with Gasteiger partial charge in [0.25, 0.3) is 0 Å². The summed E-state index contributed by atoms with van der Waals surface area (Å²) in [4.78, 5) is 4.20. The van der Waals surface area contributed by atoms with Crippen LogP contribution in [0.4, 0.5) is 0 Å². The summed E-state index contributed by atoms with van der Waals surface area (Å²) in [5.74, 6) is 4.25. The number of fused-ring (bicyclic) bond motifs is 1. The van der Waals surface area contributed by atoms with E-state index in [0.717, 1.165) is 16.8 Å². The van der Waals surface area contributed by atoms with Crippen molar-refractivity contribution in [3.05, 3.63) is 60.4 Å². The Labute approximate surface area is 200 Å². The predicted octanol–water partition coefficient (Wildman–Crippen LogP) is 4.38. The van der Waals surface area contributed by atoms with Crippen molar-refractivity contribution in [3.63, 3.8) is 0 Å². The van der Waals surface area contributed by atoms with Crippen LogP contribution in [0.2, 0.25) is 0 Å². The van der Waals surface area contributed by atoms with E-state index in [9.17, 15) is 0 Å². The van der Waals surface area contributed by atoms with Crippen molar-refractivity contribution in [3.8, 4) is 45.8 Å². The molecule has 34 heavy (non-hydrogen) atoms. The molecule has 0 aliphatic carbocycles. The van der Waals surface area contributed by atoms with E-state index in [1.165, 1.54) is 0 Å². The molecular formula is C24H22N4O5S. The summed E-state index contributed by atoms with van der Waals surface area (Å²) in [5, 5.41) is 9.74. The fourth-order valence-electron chi connectivity index (χ4n) is 3.65. The van der Waals surface area contributed by atoms with Gasteiger partial charge in [0.15, 0.2) is 34.0 Å². The zero-order chi connectivity index (χ0) is 23.5. The SMILES string of the molecule is COc1cc(-c2nnc(SCc3cccnc3)n2-c2ccc3c(c2)OCO3)cc(OC)c1OC. The van der Waals surface area contributed by atoms with E-state index in [-0.39, 0.29) is 6.79 Å². The van der Waals surface area contributed by atoms with Gasteiger partial charge in [-0.2, -0.15) is 0 Å². The lowest BCUT2D eigenvalue weighted by Crippen LogP contribution is -2.01. The number of ether oxygens (including phenoxy) is 5. The average Bonchev–Trinajstić information content (AvgIpc) is 3.53. The first-order chi connectivity index (χ1) is 16.7. The topological polar surface area (TPSA) is 89.8 Å². The number of rotatable bonds is 8. The molecule has 0 unspecified atom stereocenters. The van der Waals surface area contributed by atoms with Crippen molar-refractivity contribution in [2.45, 2.75) is 10.9 Å². The van der Waals surface area contributed by atoms with Crippen molar-refractivity contribution in [2.75, 3.05) is 28.1 Å². The highest BCUT2D eigenvalue weighted by Crippen LogP contribution is 2.42. The Morgan fingerprint density at radius 1 is 0.941 bits per heavy atom. The van der Waals surface area contributed by atoms with Gasteiger partial charge in [-0.15, -0.1) is 10.2 Å². The Balaban J connectivity index is 1.62. The minimum Gasteiger partial charge on any atom is -0.493 e. The van der Waals surface area contributed by atoms with E-state index in [4.69, 9.17) is 23.7 Å². The Morgan fingerprint density at radius 3 is 2.44 bits per heavy atom. The van der Waals surface area contributed by atoms with Crippen LogP contribution < -0.4 is 23.7 Å². The lowest BCUT2D eigenvalue weighted by atomic mass is 10.1. The van der Waals surface area contributed by atoms with Gasteiger partial charge < -0.3 is 23.7 Å². The molecule has 2 aromatic heterocycles. The van der Waals surface area contributed by atoms with Crippen molar-refractivity contribution in [2.24, 2.45) is 0 Å². The van der Waals surface area contributed by atoms with Crippen LogP contribution in [0.25, 0.3) is 17.1 Å². The fraction of sp³-hybridized carbons (Fsp3) is 0.208. The van der Waals surface area contributed by atoms with Crippen LogP contribution in [0.3, 0.4) is 0 Å². The molecule has 0 saturated heterocycles. The number of thioether (sulfide) groups is 1. The highest BCUT2D eigenvalue weighted by Gasteiger charge is 2.22. The Bertz CT molecular complexity index is 1290. The second-order valence-corrected chi connectivity index (χ2v) is 8.19. The third-order valence-electron chi connectivity index (χ3n) is 5.26. The first-order valence-corrected chi connectivity index (χ1v) is 11.4. The average molecular weight is 479 g/mol. The monoisotopic (exact) mass is 478 g/mol. The van der Waals surface area contributed by atoms with Crippen LogP contribution in [0, 0.1) is 0 Å². The highest BCUT2D eigenvalue weighted by atomic mass is 32.2. The third kappa shape index (κ3) is 4.08. The van der Waals surface area contributed by atoms with Crippen LogP contribution in [0.5, 0.6) is 28.7 Å². The zero-order valence-corrected chi connectivity index (χ0v) is 19.7. The van der Waals surface area contributed by atoms with Gasteiger partial charge in [-0.3, -0.25) is 9.55 Å². The summed E-state index contributed by atoms with van der Waals surface area (Å²) < 4.78 is 29.6. The maximum atomic E-state index is 5.61. The van der Waals surface area contributed by atoms with Gasteiger partial charge in [0, 0.05) is 29.8 Å². The van der Waals surface area contributed by atoms with E-state index >= 15 is 0 Å². The maximum absolute atomic E-state index is 5.61. The second-order valence-electron chi connectivity index (χ2n) is 7.24. The predicted molar refractivity (Wildman–Crippen MR) is 126 cm³/mol. The quantitative estimate of drug-likeness (QED) is 0.342. The maximum Gasteiger partial charge on any atom is 0.231 e. The van der Waals surface area contributed by atoms with Crippen LogP contribution >= 0.6 is 11.8 Å². The smallest absolute Gasteiger partial charge is 0.231 e. The third-order valence-corrected chi connectivity index (χ3v) is 6.26. The summed E-state index contributed by atoms with van der Waals surface area (Å²) in [7, 11) is 4.74. The van der Waals surface area contributed by atoms with Crippen molar-refractivity contribution in [1.29, 1.82) is 0 Å². The standard InChI is InChI=1S/C24H22N4O5S/c1-29-20-9-16(10-21(30-2)22(20)31-3)23-26-27-24(34-13-15-5-4-8-25-12-15)28(23)17-6-7-18-19(11-17)33-14-32-18/h4-12H,13-14H2,1-3H3. The summed E-state index contributed by atoms with van der Waals surface area (Å²) in [6.07, 6.45) is 3.60. The van der Waals surface area contributed by atoms with Gasteiger partial charge in [-0.25, -0.2) is 0 Å². The molecule has 174 valence electrons. The van der Waals surface area contributed by atoms with Gasteiger partial charge in [-0.1, -0.05) is 17.8 Å². The molecule has 10 heteroatoms. The number of hydrogen-bond donors (Lipinski definition) is 0. The molecule has 4 aromatic rings. The van der Waals surface area contributed by atoms with Gasteiger partial charge in [0.2, 0.25) is 12.5 Å². The number of hydrogen-bond acceptors (Lipinski definition) is 9. The van der Waals surface area contributed by atoms with E-state index in [1.807, 2.05) is 53.2 Å². The molecule has 0 atom stereocenters. The van der Waals surface area contributed by atoms with Crippen LogP contribution in [0.15, 0.2) is 60.0 Å². The summed E-state index contributed by atoms with van der Waals surface area (Å²) in [6.45, 7) is 0.198. The van der Waals surface area contributed by atoms with Crippen molar-refractivity contribution >= 4 is 11.8 Å². The van der Waals surface area contributed by atoms with Crippen LogP contribution in [-0.2, 0) is 5.75 Å². The lowest BCUT2D eigenvalue weighted by Gasteiger charge is -2.15. The first-order valence-electron chi connectivity index (χ1n) is 10.4. The number of nitrogens with zero attached hydrogens (tertiary/aromatic N) is 4. The molecule has 5 rings (SSSR count). The van der Waals surface area contributed by atoms with Gasteiger partial charge in [0.1, 0.15) is 0 Å². The molecule has 1 aliphatic rings. The van der Waals surface area contributed by atoms with E-state index in [1.54, 1.807) is 39.3 Å². The fourth-order valence-corrected chi connectivity index (χ4v) is 4.54. The minimum absolute atomic E-state index is 0.198. The van der Waals surface area contributed by atoms with Crippen LogP contribution in [-0.4, -0.2) is 47.9 Å². The Morgan fingerprint density at radius 2 is 1.74 bits per heavy atom. The number of benzene rings is 2. The summed E-state index contributed by atoms with van der Waals surface area (Å²) in [6, 6.07) is 13.4. The van der Waals surface area contributed by atoms with E-state index < -0.39 is 0 Å². The lowest BCUT2D eigenvalue weighted by molar-refractivity contribution is 0.174. The molecule has 0 radical (unpaired) electrons. The molecule has 0 N–H and O–H groups in total. The molecule has 1 aliphatic heterocycles. The van der Waals surface area contributed by atoms with Gasteiger partial charge in [0.05, 0.1) is 27.0 Å². The molecular weight excluding hydrogens is 456 g/mol. The Kier molecular flexibility index (Phi) is 6.13. The largest absolute Gasteiger partial charge is 0.493 e. The number of methoxy groups -OCH3 is 3. The first kappa shape index (κ1) is 21.9. The van der Waals surface area contributed by atoms with E-state index in [2.05, 4.69) is 15.2 Å². The van der Waals surface area contributed by atoms with E-state index in [0.29, 0.717) is 45.5 Å². The van der Waals surface area contributed by atoms with Crippen molar-refractivity contribution in [1.82, 2.24) is 19.7 Å². The highest BCUT2D eigenvalue weighted by molar-refractivity contribution is 7.98. The molecule has 0 saturated carbocycles. The summed E-state index contributed by atoms with van der Waals surface area (Å²) in [5.41, 5.74) is 2.68. The molecule has 0 bridgehead atoms. The summed E-state index contributed by atoms with van der Waals surface area (Å²) >= 11 is 1.56. The molecule has 2 aromatic carbocycles. The van der Waals surface area contributed by atoms with Gasteiger partial charge in [-0.05, 0) is 35.9 Å². The van der Waals surface area contributed by atoms with Gasteiger partial charge >= 0.3 is 0 Å². The zero-order valence-electron chi connectivity index (χ0n) is 18.8. The molecule has 3 heterocycles. The van der Waals surface area contributed by atoms with Crippen LogP contribution in [0.1, 0.15) is 5.56 Å². The number of aromatic nitrogens is 4. The minimum atomic E-state index is 0.198. The second kappa shape index (κ2) is 9.52. The van der Waals surface area contributed by atoms with Crippen molar-refractivity contribution < 1.29 is 23.7 Å². The molecule has 0 amide bonds. The number of pyridine rings is 1. The Hall–Kier alpha value is -3.92. The normalized spacial score (nSPS) is 12.0.